The van der Waals surface area contributed by atoms with Crippen LogP contribution in [0.25, 0.3) is 0 Å². The number of rotatable bonds is 4. The molecule has 1 fully saturated rings. The third-order valence-electron chi connectivity index (χ3n) is 3.68. The van der Waals surface area contributed by atoms with Crippen molar-refractivity contribution < 1.29 is 4.92 Å². The van der Waals surface area contributed by atoms with Gasteiger partial charge in [-0.2, -0.15) is 0 Å². The van der Waals surface area contributed by atoms with E-state index >= 15 is 0 Å². The lowest BCUT2D eigenvalue weighted by Gasteiger charge is -2.37. The zero-order valence-corrected chi connectivity index (χ0v) is 12.4. The molecule has 1 heterocycles. The summed E-state index contributed by atoms with van der Waals surface area (Å²) in [7, 11) is 4.15. The molecule has 2 rings (SSSR count). The molecule has 0 bridgehead atoms. The van der Waals surface area contributed by atoms with Crippen molar-refractivity contribution in [2.75, 3.05) is 45.6 Å². The summed E-state index contributed by atoms with van der Waals surface area (Å²) in [5.74, 6) is 0. The molecule has 1 saturated heterocycles. The summed E-state index contributed by atoms with van der Waals surface area (Å²) in [6.07, 6.45) is 0. The van der Waals surface area contributed by atoms with E-state index in [4.69, 9.17) is 11.6 Å². The van der Waals surface area contributed by atoms with E-state index in [1.807, 2.05) is 0 Å². The van der Waals surface area contributed by atoms with Crippen LogP contribution in [-0.4, -0.2) is 61.0 Å². The number of likely N-dealkylation sites (N-methyl/N-ethyl adjacent to an activating group) is 2. The molecule has 0 saturated carbocycles. The van der Waals surface area contributed by atoms with Gasteiger partial charge in [0.15, 0.2) is 0 Å². The van der Waals surface area contributed by atoms with Gasteiger partial charge in [0.1, 0.15) is 5.69 Å². The van der Waals surface area contributed by atoms with Gasteiger partial charge in [-0.25, -0.2) is 0 Å². The summed E-state index contributed by atoms with van der Waals surface area (Å²) in [6.45, 7) is 3.60. The van der Waals surface area contributed by atoms with Crippen molar-refractivity contribution in [1.29, 1.82) is 0 Å². The van der Waals surface area contributed by atoms with Gasteiger partial charge in [-0.3, -0.25) is 15.0 Å². The van der Waals surface area contributed by atoms with Gasteiger partial charge in [0, 0.05) is 38.3 Å². The van der Waals surface area contributed by atoms with E-state index in [1.54, 1.807) is 12.1 Å². The van der Waals surface area contributed by atoms with Gasteiger partial charge in [0.05, 0.1) is 9.95 Å². The van der Waals surface area contributed by atoms with Gasteiger partial charge in [-0.05, 0) is 20.2 Å². The second kappa shape index (κ2) is 6.39. The lowest BCUT2D eigenvalue weighted by Crippen LogP contribution is -2.52. The SMILES string of the molecule is CN1CCN(C)C(CNc2c(Cl)cccc2[N+](=O)[O-])C1. The molecule has 1 N–H and O–H groups in total. The minimum absolute atomic E-state index is 0.0179. The first-order chi connectivity index (χ1) is 9.49. The molecule has 0 amide bonds. The number of piperazine rings is 1. The third-order valence-corrected chi connectivity index (χ3v) is 4.00. The van der Waals surface area contributed by atoms with Crippen LogP contribution in [0, 0.1) is 10.1 Å². The Hall–Kier alpha value is -1.37. The summed E-state index contributed by atoms with van der Waals surface area (Å²) in [5, 5.41) is 14.6. The van der Waals surface area contributed by atoms with Crippen molar-refractivity contribution in [1.82, 2.24) is 9.80 Å². The molecule has 1 atom stereocenters. The van der Waals surface area contributed by atoms with E-state index in [0.717, 1.165) is 19.6 Å². The average Bonchev–Trinajstić information content (AvgIpc) is 2.40. The minimum Gasteiger partial charge on any atom is -0.377 e. The Bertz CT molecular complexity index is 497. The number of hydrogen-bond acceptors (Lipinski definition) is 5. The average molecular weight is 299 g/mol. The second-order valence-electron chi connectivity index (χ2n) is 5.17. The Kier molecular flexibility index (Phi) is 4.80. The zero-order valence-electron chi connectivity index (χ0n) is 11.7. The van der Waals surface area contributed by atoms with E-state index < -0.39 is 4.92 Å². The molecular formula is C13H19ClN4O2. The molecule has 0 spiro atoms. The Morgan fingerprint density at radius 2 is 2.20 bits per heavy atom. The lowest BCUT2D eigenvalue weighted by molar-refractivity contribution is -0.383. The quantitative estimate of drug-likeness (QED) is 0.679. The summed E-state index contributed by atoms with van der Waals surface area (Å²) in [5.41, 5.74) is 0.421. The zero-order chi connectivity index (χ0) is 14.7. The predicted octanol–water partition coefficient (Wildman–Crippen LogP) is 1.91. The van der Waals surface area contributed by atoms with E-state index in [-0.39, 0.29) is 5.69 Å². The predicted molar refractivity (Wildman–Crippen MR) is 80.5 cm³/mol. The van der Waals surface area contributed by atoms with Crippen molar-refractivity contribution in [3.8, 4) is 0 Å². The summed E-state index contributed by atoms with van der Waals surface area (Å²) in [6, 6.07) is 5.02. The number of para-hydroxylation sites is 1. The molecule has 0 aliphatic carbocycles. The molecule has 6 nitrogen and oxygen atoms in total. The Labute approximate surface area is 123 Å². The van der Waals surface area contributed by atoms with Crippen LogP contribution in [0.4, 0.5) is 11.4 Å². The van der Waals surface area contributed by atoms with E-state index in [1.165, 1.54) is 6.07 Å². The first-order valence-corrected chi connectivity index (χ1v) is 6.92. The number of nitro benzene ring substituents is 1. The van der Waals surface area contributed by atoms with E-state index in [0.29, 0.717) is 23.3 Å². The molecule has 1 unspecified atom stereocenters. The number of nitrogens with zero attached hydrogens (tertiary/aromatic N) is 3. The summed E-state index contributed by atoms with van der Waals surface area (Å²) >= 11 is 6.07. The highest BCUT2D eigenvalue weighted by Gasteiger charge is 2.23. The fraction of sp³-hybridized carbons (Fsp3) is 0.538. The maximum atomic E-state index is 11.0. The fourth-order valence-corrected chi connectivity index (χ4v) is 2.62. The van der Waals surface area contributed by atoms with E-state index in [9.17, 15) is 10.1 Å². The number of nitro groups is 1. The van der Waals surface area contributed by atoms with Gasteiger partial charge in [-0.15, -0.1) is 0 Å². The molecule has 0 radical (unpaired) electrons. The minimum atomic E-state index is -0.412. The molecule has 20 heavy (non-hydrogen) atoms. The maximum Gasteiger partial charge on any atom is 0.293 e. The maximum absolute atomic E-state index is 11.0. The van der Waals surface area contributed by atoms with Gasteiger partial charge >= 0.3 is 0 Å². The Balaban J connectivity index is 2.08. The molecular weight excluding hydrogens is 280 g/mol. The first-order valence-electron chi connectivity index (χ1n) is 6.54. The van der Waals surface area contributed by atoms with Crippen LogP contribution in [0.1, 0.15) is 0 Å². The Morgan fingerprint density at radius 1 is 1.45 bits per heavy atom. The highest BCUT2D eigenvalue weighted by molar-refractivity contribution is 6.33. The first kappa shape index (κ1) is 15.0. The van der Waals surface area contributed by atoms with Crippen molar-refractivity contribution >= 4 is 23.0 Å². The summed E-state index contributed by atoms with van der Waals surface area (Å²) < 4.78 is 0. The van der Waals surface area contributed by atoms with Crippen LogP contribution in [-0.2, 0) is 0 Å². The van der Waals surface area contributed by atoms with Crippen molar-refractivity contribution in [2.45, 2.75) is 6.04 Å². The normalized spacial score (nSPS) is 20.9. The van der Waals surface area contributed by atoms with Crippen molar-refractivity contribution in [3.63, 3.8) is 0 Å². The molecule has 1 aliphatic heterocycles. The highest BCUT2D eigenvalue weighted by atomic mass is 35.5. The molecule has 110 valence electrons. The number of anilines is 1. The van der Waals surface area contributed by atoms with Crippen LogP contribution < -0.4 is 5.32 Å². The van der Waals surface area contributed by atoms with Crippen LogP contribution in [0.5, 0.6) is 0 Å². The number of nitrogens with one attached hydrogen (secondary N) is 1. The van der Waals surface area contributed by atoms with Gasteiger partial charge in [0.25, 0.3) is 5.69 Å². The van der Waals surface area contributed by atoms with Crippen LogP contribution in [0.15, 0.2) is 18.2 Å². The lowest BCUT2D eigenvalue weighted by atomic mass is 10.1. The van der Waals surface area contributed by atoms with Gasteiger partial charge < -0.3 is 10.2 Å². The van der Waals surface area contributed by atoms with Crippen molar-refractivity contribution in [2.24, 2.45) is 0 Å². The molecule has 0 aromatic heterocycles. The van der Waals surface area contributed by atoms with Crippen molar-refractivity contribution in [3.05, 3.63) is 33.3 Å². The largest absolute Gasteiger partial charge is 0.377 e. The van der Waals surface area contributed by atoms with Crippen LogP contribution >= 0.6 is 11.6 Å². The number of benzene rings is 1. The highest BCUT2D eigenvalue weighted by Crippen LogP contribution is 2.31. The van der Waals surface area contributed by atoms with Gasteiger partial charge in [0.2, 0.25) is 0 Å². The molecule has 1 aliphatic rings. The summed E-state index contributed by atoms with van der Waals surface area (Å²) in [4.78, 5) is 15.1. The molecule has 1 aromatic carbocycles. The molecule has 7 heteroatoms. The van der Waals surface area contributed by atoms with Crippen LogP contribution in [0.2, 0.25) is 5.02 Å². The smallest absolute Gasteiger partial charge is 0.293 e. The molecule has 1 aromatic rings. The second-order valence-corrected chi connectivity index (χ2v) is 5.58. The topological polar surface area (TPSA) is 61.6 Å². The van der Waals surface area contributed by atoms with Crippen LogP contribution in [0.3, 0.4) is 0 Å². The third kappa shape index (κ3) is 3.39. The Morgan fingerprint density at radius 3 is 2.90 bits per heavy atom. The van der Waals surface area contributed by atoms with Gasteiger partial charge in [-0.1, -0.05) is 17.7 Å². The standard InChI is InChI=1S/C13H19ClN4O2/c1-16-6-7-17(2)10(9-16)8-15-13-11(14)4-3-5-12(13)18(19)20/h3-5,10,15H,6-9H2,1-2H3. The monoisotopic (exact) mass is 298 g/mol. The number of hydrogen-bond donors (Lipinski definition) is 1. The number of halogens is 1. The van der Waals surface area contributed by atoms with E-state index in [2.05, 4.69) is 29.2 Å². The fourth-order valence-electron chi connectivity index (χ4n) is 2.38.